The Morgan fingerprint density at radius 2 is 2.29 bits per heavy atom. The SMILES string of the molecule is CC(Cl)C(N)=NCl. The van der Waals surface area contributed by atoms with Crippen molar-refractivity contribution >= 4 is 29.2 Å². The fourth-order valence-corrected chi connectivity index (χ4v) is 0.312. The number of hydrogen-bond acceptors (Lipinski definition) is 1. The molecule has 0 aromatic heterocycles. The molecule has 0 saturated heterocycles. The first-order valence-corrected chi connectivity index (χ1v) is 2.54. The van der Waals surface area contributed by atoms with Gasteiger partial charge in [-0.15, -0.1) is 11.6 Å². The minimum atomic E-state index is -0.266. The molecule has 0 aromatic carbocycles. The average Bonchev–Trinajstić information content (AvgIpc) is 1.65. The summed E-state index contributed by atoms with van der Waals surface area (Å²) in [6.07, 6.45) is 0. The van der Waals surface area contributed by atoms with E-state index in [9.17, 15) is 0 Å². The third-order valence-corrected chi connectivity index (χ3v) is 0.924. The van der Waals surface area contributed by atoms with Crippen molar-refractivity contribution in [3.8, 4) is 0 Å². The predicted octanol–water partition coefficient (Wildman–Crippen LogP) is 1.12. The van der Waals surface area contributed by atoms with Crippen LogP contribution in [0.5, 0.6) is 0 Å². The number of halogens is 2. The molecule has 0 saturated carbocycles. The molecule has 0 heterocycles. The zero-order valence-corrected chi connectivity index (χ0v) is 5.37. The quantitative estimate of drug-likeness (QED) is 0.331. The lowest BCUT2D eigenvalue weighted by Gasteiger charge is -1.94. The molecule has 0 amide bonds. The van der Waals surface area contributed by atoms with Crippen molar-refractivity contribution in [2.75, 3.05) is 0 Å². The smallest absolute Gasteiger partial charge is 0.132 e. The van der Waals surface area contributed by atoms with Crippen LogP contribution in [0.2, 0.25) is 0 Å². The second-order valence-corrected chi connectivity index (χ2v) is 1.95. The standard InChI is InChI=1S/C3H6Cl2N2/c1-2(4)3(6)7-5/h2H,1H3,(H2,6,7). The van der Waals surface area contributed by atoms with Crippen LogP contribution in [0.1, 0.15) is 6.92 Å². The zero-order chi connectivity index (χ0) is 5.86. The van der Waals surface area contributed by atoms with Gasteiger partial charge in [-0.05, 0) is 6.92 Å². The van der Waals surface area contributed by atoms with Crippen LogP contribution < -0.4 is 5.73 Å². The molecule has 0 aromatic rings. The van der Waals surface area contributed by atoms with E-state index in [4.69, 9.17) is 29.1 Å². The Morgan fingerprint density at radius 3 is 2.29 bits per heavy atom. The molecule has 0 aliphatic rings. The number of amidine groups is 1. The molecular formula is C3H6Cl2N2. The van der Waals surface area contributed by atoms with Gasteiger partial charge in [0, 0.05) is 11.8 Å². The van der Waals surface area contributed by atoms with Crippen molar-refractivity contribution in [2.24, 2.45) is 10.2 Å². The molecule has 0 rings (SSSR count). The maximum absolute atomic E-state index is 5.39. The summed E-state index contributed by atoms with van der Waals surface area (Å²) in [5.41, 5.74) is 5.10. The van der Waals surface area contributed by atoms with Gasteiger partial charge < -0.3 is 5.73 Å². The Morgan fingerprint density at radius 1 is 1.86 bits per heavy atom. The lowest BCUT2D eigenvalue weighted by molar-refractivity contribution is 1.26. The van der Waals surface area contributed by atoms with Gasteiger partial charge in [0.15, 0.2) is 0 Å². The van der Waals surface area contributed by atoms with Crippen molar-refractivity contribution in [3.05, 3.63) is 0 Å². The Labute approximate surface area is 52.4 Å². The Balaban J connectivity index is 3.56. The Hall–Kier alpha value is 0.0500. The highest BCUT2D eigenvalue weighted by atomic mass is 35.5. The van der Waals surface area contributed by atoms with Crippen LogP contribution in [0.3, 0.4) is 0 Å². The molecule has 2 N–H and O–H groups in total. The highest BCUT2D eigenvalue weighted by molar-refractivity contribution is 6.33. The predicted molar refractivity (Wildman–Crippen MR) is 32.8 cm³/mol. The van der Waals surface area contributed by atoms with Gasteiger partial charge in [0.2, 0.25) is 0 Å². The van der Waals surface area contributed by atoms with Gasteiger partial charge in [0.05, 0.1) is 5.38 Å². The molecule has 0 spiro atoms. The molecular weight excluding hydrogens is 135 g/mol. The number of rotatable bonds is 1. The summed E-state index contributed by atoms with van der Waals surface area (Å²) in [5.74, 6) is 0.253. The van der Waals surface area contributed by atoms with Gasteiger partial charge >= 0.3 is 0 Å². The second-order valence-electron chi connectivity index (χ2n) is 1.13. The molecule has 7 heavy (non-hydrogen) atoms. The minimum Gasteiger partial charge on any atom is -0.385 e. The largest absolute Gasteiger partial charge is 0.385 e. The van der Waals surface area contributed by atoms with Crippen LogP contribution in [0, 0.1) is 0 Å². The highest BCUT2D eigenvalue weighted by Gasteiger charge is 1.97. The van der Waals surface area contributed by atoms with Gasteiger partial charge in [-0.25, -0.2) is 0 Å². The first kappa shape index (κ1) is 7.05. The highest BCUT2D eigenvalue weighted by Crippen LogP contribution is 1.93. The molecule has 0 aliphatic carbocycles. The molecule has 0 radical (unpaired) electrons. The molecule has 42 valence electrons. The molecule has 1 atom stereocenters. The summed E-state index contributed by atoms with van der Waals surface area (Å²) < 4.78 is 3.12. The maximum atomic E-state index is 5.39. The fourth-order valence-electron chi connectivity index (χ4n) is 0.0672. The van der Waals surface area contributed by atoms with E-state index in [0.717, 1.165) is 0 Å². The van der Waals surface area contributed by atoms with Crippen LogP contribution in [0.25, 0.3) is 0 Å². The first-order chi connectivity index (χ1) is 3.18. The summed E-state index contributed by atoms with van der Waals surface area (Å²) in [6, 6.07) is 0. The van der Waals surface area contributed by atoms with E-state index < -0.39 is 0 Å². The van der Waals surface area contributed by atoms with Crippen LogP contribution in [0.4, 0.5) is 0 Å². The second kappa shape index (κ2) is 3.10. The molecule has 0 bridgehead atoms. The van der Waals surface area contributed by atoms with E-state index in [1.165, 1.54) is 0 Å². The van der Waals surface area contributed by atoms with E-state index in [-0.39, 0.29) is 11.2 Å². The Bertz CT molecular complexity index is 79.0. The van der Waals surface area contributed by atoms with E-state index in [0.29, 0.717) is 0 Å². The third kappa shape index (κ3) is 2.71. The normalized spacial score (nSPS) is 16.7. The number of nitrogens with zero attached hydrogens (tertiary/aromatic N) is 1. The van der Waals surface area contributed by atoms with Gasteiger partial charge in [-0.2, -0.15) is 4.51 Å². The van der Waals surface area contributed by atoms with Crippen molar-refractivity contribution in [1.82, 2.24) is 0 Å². The molecule has 0 aliphatic heterocycles. The summed E-state index contributed by atoms with van der Waals surface area (Å²) in [5, 5.41) is -0.266. The van der Waals surface area contributed by atoms with Gasteiger partial charge in [0.1, 0.15) is 5.84 Å². The van der Waals surface area contributed by atoms with Crippen LogP contribution >= 0.6 is 23.4 Å². The van der Waals surface area contributed by atoms with Crippen molar-refractivity contribution < 1.29 is 0 Å². The maximum Gasteiger partial charge on any atom is 0.132 e. The number of alkyl halides is 1. The van der Waals surface area contributed by atoms with Gasteiger partial charge in [-0.3, -0.25) is 0 Å². The van der Waals surface area contributed by atoms with E-state index >= 15 is 0 Å². The minimum absolute atomic E-state index is 0.253. The topological polar surface area (TPSA) is 38.4 Å². The van der Waals surface area contributed by atoms with E-state index in [1.807, 2.05) is 0 Å². The van der Waals surface area contributed by atoms with E-state index in [1.54, 1.807) is 6.92 Å². The van der Waals surface area contributed by atoms with Gasteiger partial charge in [0.25, 0.3) is 0 Å². The van der Waals surface area contributed by atoms with E-state index in [2.05, 4.69) is 4.51 Å². The zero-order valence-electron chi connectivity index (χ0n) is 3.86. The van der Waals surface area contributed by atoms with Gasteiger partial charge in [-0.1, -0.05) is 0 Å². The lowest BCUT2D eigenvalue weighted by Crippen LogP contribution is -2.19. The number of nitrogens with two attached hydrogens (primary N) is 1. The van der Waals surface area contributed by atoms with Crippen molar-refractivity contribution in [3.63, 3.8) is 0 Å². The number of hydrogen-bond donors (Lipinski definition) is 1. The molecule has 1 unspecified atom stereocenters. The van der Waals surface area contributed by atoms with Crippen molar-refractivity contribution in [2.45, 2.75) is 12.3 Å². The third-order valence-electron chi connectivity index (χ3n) is 0.505. The summed E-state index contributed by atoms with van der Waals surface area (Å²) >= 11 is 10.3. The summed E-state index contributed by atoms with van der Waals surface area (Å²) in [4.78, 5) is 0. The van der Waals surface area contributed by atoms with Crippen LogP contribution in [-0.2, 0) is 0 Å². The fraction of sp³-hybridized carbons (Fsp3) is 0.667. The van der Waals surface area contributed by atoms with Crippen LogP contribution in [0.15, 0.2) is 4.51 Å². The molecule has 2 nitrogen and oxygen atoms in total. The molecule has 4 heteroatoms. The first-order valence-electron chi connectivity index (χ1n) is 1.77. The summed E-state index contributed by atoms with van der Waals surface area (Å²) in [7, 11) is 0. The van der Waals surface area contributed by atoms with Crippen molar-refractivity contribution in [1.29, 1.82) is 0 Å². The molecule has 0 fully saturated rings. The average molecular weight is 141 g/mol. The lowest BCUT2D eigenvalue weighted by atomic mass is 10.5. The Kier molecular flexibility index (Phi) is 3.13. The van der Waals surface area contributed by atoms with Crippen LogP contribution in [-0.4, -0.2) is 11.2 Å². The summed E-state index contributed by atoms with van der Waals surface area (Å²) in [6.45, 7) is 1.70. The monoisotopic (exact) mass is 140 g/mol.